The molecule has 0 saturated heterocycles. The summed E-state index contributed by atoms with van der Waals surface area (Å²) in [4.78, 5) is 3.37. The number of nitrogens with one attached hydrogen (secondary N) is 1. The van der Waals surface area contributed by atoms with E-state index in [0.29, 0.717) is 4.47 Å². The summed E-state index contributed by atoms with van der Waals surface area (Å²) in [7, 11) is -4.03. The highest BCUT2D eigenvalue weighted by atomic mass is 79.9. The first kappa shape index (κ1) is 13.8. The van der Waals surface area contributed by atoms with Crippen molar-refractivity contribution in [1.82, 2.24) is 4.98 Å². The van der Waals surface area contributed by atoms with Gasteiger partial charge in [-0.2, -0.15) is 0 Å². The topological polar surface area (TPSA) is 85.1 Å². The molecule has 0 unspecified atom stereocenters. The third-order valence-electron chi connectivity index (χ3n) is 2.21. The SMILES string of the molecule is Nc1ccc(S(=O)(=O)Nc2ccc(Br)cn2)c(F)c1. The number of sulfonamides is 1. The molecule has 0 spiro atoms. The molecule has 0 bridgehead atoms. The van der Waals surface area contributed by atoms with Crippen LogP contribution in [0, 0.1) is 5.82 Å². The predicted molar refractivity (Wildman–Crippen MR) is 73.6 cm³/mol. The summed E-state index contributed by atoms with van der Waals surface area (Å²) in [5.74, 6) is -0.816. The molecular formula is C11H9BrFN3O2S. The summed E-state index contributed by atoms with van der Waals surface area (Å²) in [6.45, 7) is 0. The molecule has 0 aliphatic rings. The molecule has 8 heteroatoms. The summed E-state index contributed by atoms with van der Waals surface area (Å²) in [5.41, 5.74) is 5.52. The number of pyridine rings is 1. The lowest BCUT2D eigenvalue weighted by atomic mass is 10.3. The Morgan fingerprint density at radius 1 is 1.26 bits per heavy atom. The lowest BCUT2D eigenvalue weighted by Gasteiger charge is -2.08. The van der Waals surface area contributed by atoms with Gasteiger partial charge in [0.05, 0.1) is 0 Å². The average Bonchev–Trinajstić information content (AvgIpc) is 2.31. The van der Waals surface area contributed by atoms with E-state index < -0.39 is 20.7 Å². The Labute approximate surface area is 117 Å². The number of hydrogen-bond acceptors (Lipinski definition) is 4. The summed E-state index contributed by atoms with van der Waals surface area (Å²) in [5, 5.41) is 0. The fourth-order valence-electron chi connectivity index (χ4n) is 1.36. The summed E-state index contributed by atoms with van der Waals surface area (Å²) < 4.78 is 40.4. The van der Waals surface area contributed by atoms with Gasteiger partial charge in [-0.05, 0) is 46.3 Å². The van der Waals surface area contributed by atoms with Gasteiger partial charge in [0.25, 0.3) is 10.0 Å². The molecular weight excluding hydrogens is 337 g/mol. The molecule has 2 rings (SSSR count). The molecule has 2 aromatic rings. The average molecular weight is 346 g/mol. The fourth-order valence-corrected chi connectivity index (χ4v) is 2.67. The first-order valence-corrected chi connectivity index (χ1v) is 7.35. The van der Waals surface area contributed by atoms with Gasteiger partial charge >= 0.3 is 0 Å². The van der Waals surface area contributed by atoms with Crippen molar-refractivity contribution in [3.8, 4) is 0 Å². The highest BCUT2D eigenvalue weighted by Gasteiger charge is 2.19. The minimum atomic E-state index is -4.03. The largest absolute Gasteiger partial charge is 0.399 e. The van der Waals surface area contributed by atoms with Gasteiger partial charge in [0.2, 0.25) is 0 Å². The second-order valence-electron chi connectivity index (χ2n) is 3.66. The van der Waals surface area contributed by atoms with Gasteiger partial charge in [-0.15, -0.1) is 0 Å². The highest BCUT2D eigenvalue weighted by Crippen LogP contribution is 2.20. The lowest BCUT2D eigenvalue weighted by molar-refractivity contribution is 0.570. The van der Waals surface area contributed by atoms with E-state index in [0.717, 1.165) is 12.1 Å². The monoisotopic (exact) mass is 345 g/mol. The fraction of sp³-hybridized carbons (Fsp3) is 0. The second kappa shape index (κ2) is 5.14. The zero-order valence-electron chi connectivity index (χ0n) is 9.47. The maximum atomic E-state index is 13.6. The molecule has 5 nitrogen and oxygen atoms in total. The molecule has 3 N–H and O–H groups in total. The van der Waals surface area contributed by atoms with Crippen molar-refractivity contribution < 1.29 is 12.8 Å². The van der Waals surface area contributed by atoms with E-state index in [-0.39, 0.29) is 11.5 Å². The zero-order valence-corrected chi connectivity index (χ0v) is 11.9. The number of hydrogen-bond donors (Lipinski definition) is 2. The summed E-state index contributed by atoms with van der Waals surface area (Å²) in [6, 6.07) is 6.43. The molecule has 0 aliphatic carbocycles. The lowest BCUT2D eigenvalue weighted by Crippen LogP contribution is -2.15. The van der Waals surface area contributed by atoms with E-state index in [4.69, 9.17) is 5.73 Å². The molecule has 0 fully saturated rings. The van der Waals surface area contributed by atoms with Crippen LogP contribution < -0.4 is 10.5 Å². The Morgan fingerprint density at radius 3 is 2.58 bits per heavy atom. The number of rotatable bonds is 3. The summed E-state index contributed by atoms with van der Waals surface area (Å²) in [6.07, 6.45) is 1.43. The zero-order chi connectivity index (χ0) is 14.0. The van der Waals surface area contributed by atoms with E-state index in [1.807, 2.05) is 0 Å². The van der Waals surface area contributed by atoms with Crippen LogP contribution >= 0.6 is 15.9 Å². The molecule has 0 radical (unpaired) electrons. The van der Waals surface area contributed by atoms with Crippen LogP contribution in [0.15, 0.2) is 45.9 Å². The first-order chi connectivity index (χ1) is 8.88. The van der Waals surface area contributed by atoms with Crippen LogP contribution in [0.2, 0.25) is 0 Å². The Morgan fingerprint density at radius 2 is 2.00 bits per heavy atom. The van der Waals surface area contributed by atoms with Crippen LogP contribution in [-0.4, -0.2) is 13.4 Å². The van der Waals surface area contributed by atoms with Crippen LogP contribution in [-0.2, 0) is 10.0 Å². The maximum Gasteiger partial charge on any atom is 0.265 e. The third-order valence-corrected chi connectivity index (χ3v) is 4.07. The Hall–Kier alpha value is -1.67. The molecule has 0 amide bonds. The van der Waals surface area contributed by atoms with E-state index >= 15 is 0 Å². The summed E-state index contributed by atoms with van der Waals surface area (Å²) >= 11 is 3.18. The number of benzene rings is 1. The van der Waals surface area contributed by atoms with Gasteiger partial charge in [-0.25, -0.2) is 17.8 Å². The maximum absolute atomic E-state index is 13.6. The molecule has 0 aliphatic heterocycles. The Balaban J connectivity index is 2.35. The van der Waals surface area contributed by atoms with Gasteiger partial charge in [0.15, 0.2) is 0 Å². The van der Waals surface area contributed by atoms with Gasteiger partial charge in [-0.1, -0.05) is 0 Å². The number of anilines is 2. The van der Waals surface area contributed by atoms with E-state index in [1.54, 1.807) is 6.07 Å². The number of halogens is 2. The van der Waals surface area contributed by atoms with Crippen molar-refractivity contribution in [2.45, 2.75) is 4.90 Å². The molecule has 100 valence electrons. The van der Waals surface area contributed by atoms with Crippen LogP contribution in [0.3, 0.4) is 0 Å². The minimum absolute atomic E-state index is 0.0967. The van der Waals surface area contributed by atoms with Crippen LogP contribution in [0.25, 0.3) is 0 Å². The molecule has 0 atom stereocenters. The van der Waals surface area contributed by atoms with E-state index in [9.17, 15) is 12.8 Å². The van der Waals surface area contributed by atoms with Crippen LogP contribution in [0.5, 0.6) is 0 Å². The van der Waals surface area contributed by atoms with Gasteiger partial charge in [-0.3, -0.25) is 4.72 Å². The van der Waals surface area contributed by atoms with Gasteiger partial charge in [0, 0.05) is 16.4 Å². The van der Waals surface area contributed by atoms with Crippen molar-refractivity contribution in [2.24, 2.45) is 0 Å². The number of nitrogens with zero attached hydrogens (tertiary/aromatic N) is 1. The Kier molecular flexibility index (Phi) is 3.72. The smallest absolute Gasteiger partial charge is 0.265 e. The quantitative estimate of drug-likeness (QED) is 0.836. The van der Waals surface area contributed by atoms with Crippen molar-refractivity contribution in [2.75, 3.05) is 10.5 Å². The normalized spacial score (nSPS) is 11.3. The number of aromatic nitrogens is 1. The van der Waals surface area contributed by atoms with Crippen LogP contribution in [0.1, 0.15) is 0 Å². The van der Waals surface area contributed by atoms with Crippen molar-refractivity contribution >= 4 is 37.5 Å². The van der Waals surface area contributed by atoms with E-state index in [2.05, 4.69) is 25.6 Å². The third kappa shape index (κ3) is 3.21. The first-order valence-electron chi connectivity index (χ1n) is 5.08. The van der Waals surface area contributed by atoms with Crippen molar-refractivity contribution in [3.05, 3.63) is 46.8 Å². The van der Waals surface area contributed by atoms with Gasteiger partial charge in [0.1, 0.15) is 16.5 Å². The predicted octanol–water partition coefficient (Wildman–Crippen LogP) is 2.37. The van der Waals surface area contributed by atoms with Crippen molar-refractivity contribution in [3.63, 3.8) is 0 Å². The molecule has 19 heavy (non-hydrogen) atoms. The van der Waals surface area contributed by atoms with Crippen LogP contribution in [0.4, 0.5) is 15.9 Å². The minimum Gasteiger partial charge on any atom is -0.399 e. The second-order valence-corrected chi connectivity index (χ2v) is 6.22. The number of nitrogens with two attached hydrogens (primary N) is 1. The molecule has 1 heterocycles. The molecule has 1 aromatic carbocycles. The van der Waals surface area contributed by atoms with E-state index in [1.165, 1.54) is 18.3 Å². The van der Waals surface area contributed by atoms with Gasteiger partial charge < -0.3 is 5.73 Å². The number of nitrogen functional groups attached to an aromatic ring is 1. The standard InChI is InChI=1S/C11H9BrFN3O2S/c12-7-1-4-11(15-6-7)16-19(17,18)10-3-2-8(14)5-9(10)13/h1-6H,14H2,(H,15,16). The van der Waals surface area contributed by atoms with Crippen molar-refractivity contribution in [1.29, 1.82) is 0 Å². The molecule has 0 saturated carbocycles. The molecule has 1 aromatic heterocycles. The Bertz CT molecular complexity index is 704. The highest BCUT2D eigenvalue weighted by molar-refractivity contribution is 9.10.